The van der Waals surface area contributed by atoms with Crippen LogP contribution in [0.4, 0.5) is 4.39 Å². The minimum absolute atomic E-state index is 0.0491. The standard InChI is InChI=1S/C14H15ClFN3O2S/c15-12-9-11(3-4-13(12)16)22(20,21)18-6-8-19-7-5-17-14(19)10-1-2-10/h3-5,7,9-10,18H,1-2,6,8H2. The van der Waals surface area contributed by atoms with E-state index in [0.717, 1.165) is 30.8 Å². The summed E-state index contributed by atoms with van der Waals surface area (Å²) in [7, 11) is -3.71. The second kappa shape index (κ2) is 5.98. The first-order chi connectivity index (χ1) is 10.5. The van der Waals surface area contributed by atoms with Crippen LogP contribution in [-0.2, 0) is 16.6 Å². The largest absolute Gasteiger partial charge is 0.333 e. The summed E-state index contributed by atoms with van der Waals surface area (Å²) in [5.41, 5.74) is 0. The Hall–Kier alpha value is -1.44. The maximum atomic E-state index is 13.1. The van der Waals surface area contributed by atoms with Crippen LogP contribution in [0.25, 0.3) is 0 Å². The number of rotatable bonds is 6. The van der Waals surface area contributed by atoms with Crippen LogP contribution < -0.4 is 4.72 Å². The summed E-state index contributed by atoms with van der Waals surface area (Å²) in [5, 5.41) is -0.214. The van der Waals surface area contributed by atoms with Crippen molar-refractivity contribution in [3.63, 3.8) is 0 Å². The zero-order valence-corrected chi connectivity index (χ0v) is 13.2. The first-order valence-corrected chi connectivity index (χ1v) is 8.79. The molecule has 1 fully saturated rings. The fraction of sp³-hybridized carbons (Fsp3) is 0.357. The van der Waals surface area contributed by atoms with Crippen molar-refractivity contribution >= 4 is 21.6 Å². The summed E-state index contributed by atoms with van der Waals surface area (Å²) in [6.07, 6.45) is 5.84. The highest BCUT2D eigenvalue weighted by atomic mass is 35.5. The van der Waals surface area contributed by atoms with E-state index in [2.05, 4.69) is 9.71 Å². The molecule has 3 rings (SSSR count). The lowest BCUT2D eigenvalue weighted by Gasteiger charge is -2.10. The van der Waals surface area contributed by atoms with Gasteiger partial charge in [-0.25, -0.2) is 22.5 Å². The summed E-state index contributed by atoms with van der Waals surface area (Å²) in [4.78, 5) is 4.25. The van der Waals surface area contributed by atoms with Crippen LogP contribution in [0.15, 0.2) is 35.5 Å². The van der Waals surface area contributed by atoms with E-state index in [1.165, 1.54) is 6.07 Å². The molecular formula is C14H15ClFN3O2S. The van der Waals surface area contributed by atoms with Gasteiger partial charge in [0.2, 0.25) is 10.0 Å². The van der Waals surface area contributed by atoms with Crippen molar-refractivity contribution in [3.8, 4) is 0 Å². The molecule has 1 aliphatic rings. The molecule has 1 saturated carbocycles. The molecule has 2 aromatic rings. The molecule has 0 radical (unpaired) electrons. The van der Waals surface area contributed by atoms with Gasteiger partial charge in [-0.15, -0.1) is 0 Å². The van der Waals surface area contributed by atoms with E-state index in [1.807, 2.05) is 10.8 Å². The lowest BCUT2D eigenvalue weighted by Crippen LogP contribution is -2.27. The van der Waals surface area contributed by atoms with E-state index in [4.69, 9.17) is 11.6 Å². The average Bonchev–Trinajstić information content (AvgIpc) is 3.21. The molecular weight excluding hydrogens is 329 g/mol. The highest BCUT2D eigenvalue weighted by Gasteiger charge is 2.27. The number of nitrogens with one attached hydrogen (secondary N) is 1. The second-order valence-corrected chi connectivity index (χ2v) is 7.40. The van der Waals surface area contributed by atoms with Gasteiger partial charge in [-0.1, -0.05) is 11.6 Å². The van der Waals surface area contributed by atoms with E-state index in [-0.39, 0.29) is 16.5 Å². The van der Waals surface area contributed by atoms with Gasteiger partial charge in [0.25, 0.3) is 0 Å². The number of hydrogen-bond donors (Lipinski definition) is 1. The number of imidazole rings is 1. The van der Waals surface area contributed by atoms with Gasteiger partial charge in [0.05, 0.1) is 9.92 Å². The van der Waals surface area contributed by atoms with Crippen molar-refractivity contribution in [2.45, 2.75) is 30.2 Å². The predicted molar refractivity (Wildman–Crippen MR) is 80.8 cm³/mol. The molecule has 118 valence electrons. The number of hydrogen-bond acceptors (Lipinski definition) is 3. The topological polar surface area (TPSA) is 64.0 Å². The summed E-state index contributed by atoms with van der Waals surface area (Å²) < 4.78 is 41.8. The van der Waals surface area contributed by atoms with Gasteiger partial charge in [0, 0.05) is 31.4 Å². The Morgan fingerprint density at radius 3 is 2.86 bits per heavy atom. The first-order valence-electron chi connectivity index (χ1n) is 6.93. The van der Waals surface area contributed by atoms with Gasteiger partial charge in [-0.2, -0.15) is 0 Å². The molecule has 0 unspecified atom stereocenters. The van der Waals surface area contributed by atoms with Crippen molar-refractivity contribution in [1.82, 2.24) is 14.3 Å². The van der Waals surface area contributed by atoms with Crippen LogP contribution in [0.1, 0.15) is 24.6 Å². The highest BCUT2D eigenvalue weighted by molar-refractivity contribution is 7.89. The normalized spacial score (nSPS) is 15.2. The number of halogens is 2. The van der Waals surface area contributed by atoms with E-state index in [1.54, 1.807) is 6.20 Å². The van der Waals surface area contributed by atoms with E-state index >= 15 is 0 Å². The monoisotopic (exact) mass is 343 g/mol. The highest BCUT2D eigenvalue weighted by Crippen LogP contribution is 2.38. The Morgan fingerprint density at radius 2 is 2.18 bits per heavy atom. The zero-order chi connectivity index (χ0) is 15.7. The van der Waals surface area contributed by atoms with Gasteiger partial charge in [-0.3, -0.25) is 0 Å². The van der Waals surface area contributed by atoms with Crippen LogP contribution in [0.3, 0.4) is 0 Å². The molecule has 1 N–H and O–H groups in total. The average molecular weight is 344 g/mol. The molecule has 1 heterocycles. The Balaban J connectivity index is 1.64. The van der Waals surface area contributed by atoms with Crippen molar-refractivity contribution in [3.05, 3.63) is 47.3 Å². The molecule has 1 aliphatic carbocycles. The molecule has 5 nitrogen and oxygen atoms in total. The van der Waals surface area contributed by atoms with Crippen molar-refractivity contribution in [2.24, 2.45) is 0 Å². The molecule has 8 heteroatoms. The number of nitrogens with zero attached hydrogens (tertiary/aromatic N) is 2. The quantitative estimate of drug-likeness (QED) is 0.876. The Labute approximate surface area is 133 Å². The molecule has 0 atom stereocenters. The van der Waals surface area contributed by atoms with Crippen LogP contribution in [0.2, 0.25) is 5.02 Å². The molecule has 0 spiro atoms. The number of benzene rings is 1. The summed E-state index contributed by atoms with van der Waals surface area (Å²) in [6, 6.07) is 3.33. The summed E-state index contributed by atoms with van der Waals surface area (Å²) >= 11 is 5.62. The van der Waals surface area contributed by atoms with Crippen LogP contribution in [-0.4, -0.2) is 24.5 Å². The van der Waals surface area contributed by atoms with Crippen molar-refractivity contribution in [1.29, 1.82) is 0 Å². The zero-order valence-electron chi connectivity index (χ0n) is 11.7. The summed E-state index contributed by atoms with van der Waals surface area (Å²) in [6.45, 7) is 0.730. The van der Waals surface area contributed by atoms with Crippen LogP contribution in [0.5, 0.6) is 0 Å². The van der Waals surface area contributed by atoms with E-state index in [0.29, 0.717) is 12.5 Å². The molecule has 0 saturated heterocycles. The maximum absolute atomic E-state index is 13.1. The molecule has 0 bridgehead atoms. The number of aromatic nitrogens is 2. The van der Waals surface area contributed by atoms with Gasteiger partial charge in [0.1, 0.15) is 11.6 Å². The first kappa shape index (κ1) is 15.5. The Morgan fingerprint density at radius 1 is 1.41 bits per heavy atom. The molecule has 22 heavy (non-hydrogen) atoms. The molecule has 0 aliphatic heterocycles. The smallest absolute Gasteiger partial charge is 0.240 e. The maximum Gasteiger partial charge on any atom is 0.240 e. The Kier molecular flexibility index (Phi) is 4.20. The predicted octanol–water partition coefficient (Wildman–Crippen LogP) is 2.53. The van der Waals surface area contributed by atoms with Gasteiger partial charge >= 0.3 is 0 Å². The van der Waals surface area contributed by atoms with Crippen molar-refractivity contribution < 1.29 is 12.8 Å². The van der Waals surface area contributed by atoms with Gasteiger partial charge in [-0.05, 0) is 31.0 Å². The fourth-order valence-electron chi connectivity index (χ4n) is 2.24. The van der Waals surface area contributed by atoms with Crippen molar-refractivity contribution in [2.75, 3.05) is 6.54 Å². The molecule has 1 aromatic heterocycles. The van der Waals surface area contributed by atoms with Crippen LogP contribution >= 0.6 is 11.6 Å². The fourth-order valence-corrected chi connectivity index (χ4v) is 3.53. The minimum Gasteiger partial charge on any atom is -0.333 e. The lowest BCUT2D eigenvalue weighted by atomic mass is 10.3. The Bertz CT molecular complexity index is 787. The third-order valence-corrected chi connectivity index (χ3v) is 5.28. The van der Waals surface area contributed by atoms with E-state index in [9.17, 15) is 12.8 Å². The van der Waals surface area contributed by atoms with Gasteiger partial charge < -0.3 is 4.57 Å². The SMILES string of the molecule is O=S(=O)(NCCn1ccnc1C1CC1)c1ccc(F)c(Cl)c1. The third-order valence-electron chi connectivity index (χ3n) is 3.54. The minimum atomic E-state index is -3.71. The summed E-state index contributed by atoms with van der Waals surface area (Å²) in [5.74, 6) is 0.861. The van der Waals surface area contributed by atoms with Gasteiger partial charge in [0.15, 0.2) is 0 Å². The van der Waals surface area contributed by atoms with E-state index < -0.39 is 15.8 Å². The molecule has 1 aromatic carbocycles. The second-order valence-electron chi connectivity index (χ2n) is 5.23. The lowest BCUT2D eigenvalue weighted by molar-refractivity contribution is 0.568. The molecule has 0 amide bonds. The van der Waals surface area contributed by atoms with Crippen LogP contribution in [0, 0.1) is 5.82 Å². The third kappa shape index (κ3) is 3.31. The number of sulfonamides is 1.